The summed E-state index contributed by atoms with van der Waals surface area (Å²) in [6, 6.07) is 4.53. The molecule has 2 aromatic rings. The standard InChI is InChI=1S/C12H14FN3/c1-8-6-15-16(7-8)11-5-3-4-10(13)12(11)9(2)14/h3-7,9H,14H2,1-2H3. The lowest BCUT2D eigenvalue weighted by molar-refractivity contribution is 0.589. The van der Waals surface area contributed by atoms with Crippen LogP contribution in [0.3, 0.4) is 0 Å². The van der Waals surface area contributed by atoms with E-state index in [1.807, 2.05) is 19.2 Å². The Balaban J connectivity index is 2.60. The summed E-state index contributed by atoms with van der Waals surface area (Å²) >= 11 is 0. The maximum atomic E-state index is 13.7. The minimum Gasteiger partial charge on any atom is -0.324 e. The molecule has 1 aromatic heterocycles. The highest BCUT2D eigenvalue weighted by atomic mass is 19.1. The molecular formula is C12H14FN3. The van der Waals surface area contributed by atoms with Crippen molar-refractivity contribution in [1.29, 1.82) is 0 Å². The Labute approximate surface area is 93.7 Å². The van der Waals surface area contributed by atoms with Crippen molar-refractivity contribution in [2.45, 2.75) is 19.9 Å². The summed E-state index contributed by atoms with van der Waals surface area (Å²) in [7, 11) is 0. The Hall–Kier alpha value is -1.68. The van der Waals surface area contributed by atoms with Crippen LogP contribution in [0.25, 0.3) is 5.69 Å². The smallest absolute Gasteiger partial charge is 0.130 e. The van der Waals surface area contributed by atoms with Crippen LogP contribution in [-0.4, -0.2) is 9.78 Å². The Morgan fingerprint density at radius 2 is 2.19 bits per heavy atom. The van der Waals surface area contributed by atoms with Crippen LogP contribution in [-0.2, 0) is 0 Å². The zero-order chi connectivity index (χ0) is 11.7. The van der Waals surface area contributed by atoms with Crippen LogP contribution in [0.4, 0.5) is 4.39 Å². The van der Waals surface area contributed by atoms with Gasteiger partial charge >= 0.3 is 0 Å². The molecule has 0 aliphatic carbocycles. The molecule has 0 amide bonds. The largest absolute Gasteiger partial charge is 0.324 e. The fourth-order valence-corrected chi connectivity index (χ4v) is 1.72. The normalized spacial score (nSPS) is 12.8. The fraction of sp³-hybridized carbons (Fsp3) is 0.250. The van der Waals surface area contributed by atoms with Gasteiger partial charge in [0.2, 0.25) is 0 Å². The third-order valence-electron chi connectivity index (χ3n) is 2.44. The van der Waals surface area contributed by atoms with E-state index in [4.69, 9.17) is 5.73 Å². The van der Waals surface area contributed by atoms with Crippen molar-refractivity contribution in [3.63, 3.8) is 0 Å². The first-order chi connectivity index (χ1) is 7.59. The minimum atomic E-state index is -0.360. The summed E-state index contributed by atoms with van der Waals surface area (Å²) < 4.78 is 15.3. The lowest BCUT2D eigenvalue weighted by Crippen LogP contribution is -2.12. The molecule has 0 aliphatic heterocycles. The fourth-order valence-electron chi connectivity index (χ4n) is 1.72. The summed E-state index contributed by atoms with van der Waals surface area (Å²) in [5.74, 6) is -0.291. The lowest BCUT2D eigenvalue weighted by Gasteiger charge is -2.13. The van der Waals surface area contributed by atoms with Crippen LogP contribution < -0.4 is 5.73 Å². The second kappa shape index (κ2) is 4.06. The number of nitrogens with two attached hydrogens (primary N) is 1. The van der Waals surface area contributed by atoms with Crippen molar-refractivity contribution in [3.05, 3.63) is 47.5 Å². The van der Waals surface area contributed by atoms with Crippen LogP contribution in [0.2, 0.25) is 0 Å². The molecule has 1 unspecified atom stereocenters. The summed E-state index contributed by atoms with van der Waals surface area (Å²) in [5.41, 5.74) is 7.99. The van der Waals surface area contributed by atoms with Crippen molar-refractivity contribution in [1.82, 2.24) is 9.78 Å². The number of aromatic nitrogens is 2. The number of benzene rings is 1. The molecule has 84 valence electrons. The van der Waals surface area contributed by atoms with Gasteiger partial charge in [0.05, 0.1) is 11.9 Å². The van der Waals surface area contributed by atoms with Gasteiger partial charge in [0.25, 0.3) is 0 Å². The number of hydrogen-bond donors (Lipinski definition) is 1. The van der Waals surface area contributed by atoms with Crippen molar-refractivity contribution in [2.24, 2.45) is 5.73 Å². The van der Waals surface area contributed by atoms with E-state index < -0.39 is 0 Å². The maximum Gasteiger partial charge on any atom is 0.130 e. The Bertz CT molecular complexity index is 503. The van der Waals surface area contributed by atoms with E-state index in [0.717, 1.165) is 5.56 Å². The molecule has 3 nitrogen and oxygen atoms in total. The first-order valence-corrected chi connectivity index (χ1v) is 5.15. The zero-order valence-electron chi connectivity index (χ0n) is 9.31. The monoisotopic (exact) mass is 219 g/mol. The average Bonchev–Trinajstić information content (AvgIpc) is 2.63. The van der Waals surface area contributed by atoms with Crippen LogP contribution in [0.5, 0.6) is 0 Å². The summed E-state index contributed by atoms with van der Waals surface area (Å²) in [6.07, 6.45) is 3.58. The number of rotatable bonds is 2. The molecule has 1 heterocycles. The van der Waals surface area contributed by atoms with Gasteiger partial charge in [0.15, 0.2) is 0 Å². The van der Waals surface area contributed by atoms with Gasteiger partial charge in [-0.1, -0.05) is 6.07 Å². The van der Waals surface area contributed by atoms with E-state index in [1.165, 1.54) is 6.07 Å². The molecule has 2 rings (SSSR count). The van der Waals surface area contributed by atoms with Gasteiger partial charge < -0.3 is 5.73 Å². The molecule has 0 radical (unpaired) electrons. The molecule has 0 saturated carbocycles. The Morgan fingerprint density at radius 1 is 1.44 bits per heavy atom. The Kier molecular flexibility index (Phi) is 2.75. The SMILES string of the molecule is Cc1cnn(-c2cccc(F)c2C(C)N)c1. The molecule has 0 bridgehead atoms. The lowest BCUT2D eigenvalue weighted by atomic mass is 10.1. The number of halogens is 1. The quantitative estimate of drug-likeness (QED) is 0.842. The molecule has 2 N–H and O–H groups in total. The van der Waals surface area contributed by atoms with Crippen molar-refractivity contribution >= 4 is 0 Å². The topological polar surface area (TPSA) is 43.8 Å². The molecule has 0 spiro atoms. The molecule has 0 fully saturated rings. The molecule has 0 saturated heterocycles. The summed E-state index contributed by atoms with van der Waals surface area (Å²) in [6.45, 7) is 3.70. The molecular weight excluding hydrogens is 205 g/mol. The van der Waals surface area contributed by atoms with Gasteiger partial charge in [-0.15, -0.1) is 0 Å². The number of aryl methyl sites for hydroxylation is 1. The average molecular weight is 219 g/mol. The van der Waals surface area contributed by atoms with Gasteiger partial charge in [-0.2, -0.15) is 5.10 Å². The highest BCUT2D eigenvalue weighted by molar-refractivity contribution is 5.43. The Morgan fingerprint density at radius 3 is 2.75 bits per heavy atom. The predicted molar refractivity (Wildman–Crippen MR) is 60.9 cm³/mol. The van der Waals surface area contributed by atoms with E-state index >= 15 is 0 Å². The van der Waals surface area contributed by atoms with Gasteiger partial charge in [0.1, 0.15) is 5.82 Å². The van der Waals surface area contributed by atoms with E-state index in [-0.39, 0.29) is 11.9 Å². The molecule has 1 aromatic carbocycles. The van der Waals surface area contributed by atoms with E-state index in [9.17, 15) is 4.39 Å². The van der Waals surface area contributed by atoms with Crippen molar-refractivity contribution < 1.29 is 4.39 Å². The van der Waals surface area contributed by atoms with Crippen molar-refractivity contribution in [2.75, 3.05) is 0 Å². The summed E-state index contributed by atoms with van der Waals surface area (Å²) in [5, 5.41) is 4.16. The van der Waals surface area contributed by atoms with Crippen molar-refractivity contribution in [3.8, 4) is 5.69 Å². The zero-order valence-corrected chi connectivity index (χ0v) is 9.31. The van der Waals surface area contributed by atoms with E-state index in [1.54, 1.807) is 23.9 Å². The van der Waals surface area contributed by atoms with E-state index in [2.05, 4.69) is 5.10 Å². The first-order valence-electron chi connectivity index (χ1n) is 5.15. The molecule has 4 heteroatoms. The van der Waals surface area contributed by atoms with Crippen LogP contribution in [0.1, 0.15) is 24.1 Å². The maximum absolute atomic E-state index is 13.7. The van der Waals surface area contributed by atoms with Gasteiger partial charge in [-0.05, 0) is 31.5 Å². The van der Waals surface area contributed by atoms with Crippen LogP contribution in [0.15, 0.2) is 30.6 Å². The predicted octanol–water partition coefficient (Wildman–Crippen LogP) is 2.34. The minimum absolute atomic E-state index is 0.291. The van der Waals surface area contributed by atoms with Crippen LogP contribution in [0, 0.1) is 12.7 Å². The van der Waals surface area contributed by atoms with Gasteiger partial charge in [-0.3, -0.25) is 0 Å². The number of nitrogens with zero attached hydrogens (tertiary/aromatic N) is 2. The van der Waals surface area contributed by atoms with Gasteiger partial charge in [-0.25, -0.2) is 9.07 Å². The number of hydrogen-bond acceptors (Lipinski definition) is 2. The molecule has 0 aliphatic rings. The second-order valence-electron chi connectivity index (χ2n) is 3.92. The molecule has 1 atom stereocenters. The first kappa shape index (κ1) is 10.8. The van der Waals surface area contributed by atoms with Crippen LogP contribution >= 0.6 is 0 Å². The third kappa shape index (κ3) is 1.84. The van der Waals surface area contributed by atoms with Gasteiger partial charge in [0, 0.05) is 17.8 Å². The van der Waals surface area contributed by atoms with E-state index in [0.29, 0.717) is 11.3 Å². The highest BCUT2D eigenvalue weighted by Gasteiger charge is 2.14. The second-order valence-corrected chi connectivity index (χ2v) is 3.92. The summed E-state index contributed by atoms with van der Waals surface area (Å²) in [4.78, 5) is 0. The third-order valence-corrected chi connectivity index (χ3v) is 2.44. The highest BCUT2D eigenvalue weighted by Crippen LogP contribution is 2.22. The molecule has 16 heavy (non-hydrogen) atoms.